The van der Waals surface area contributed by atoms with Crippen molar-refractivity contribution in [3.8, 4) is 51.7 Å². The summed E-state index contributed by atoms with van der Waals surface area (Å²) < 4.78 is 14.9. The molecule has 0 saturated carbocycles. The molecule has 0 N–H and O–H groups in total. The summed E-state index contributed by atoms with van der Waals surface area (Å²) >= 11 is 0. The van der Waals surface area contributed by atoms with E-state index in [1.54, 1.807) is 0 Å². The number of para-hydroxylation sites is 4. The highest BCUT2D eigenvalue weighted by atomic mass is 16.3. The molecule has 0 unspecified atom stereocenters. The second kappa shape index (κ2) is 11.8. The predicted octanol–water partition coefficient (Wildman–Crippen LogP) is 12.1. The van der Waals surface area contributed by atoms with Crippen LogP contribution in [-0.2, 0) is 0 Å². The molecule has 0 spiro atoms. The fourth-order valence-electron chi connectivity index (χ4n) is 8.11. The maximum absolute atomic E-state index is 10.9. The molecule has 55 heavy (non-hydrogen) atoms. The maximum Gasteiger partial charge on any atom is 0.164 e. The van der Waals surface area contributed by atoms with E-state index in [1.807, 2.05) is 127 Å². The Bertz CT molecular complexity index is 3470. The van der Waals surface area contributed by atoms with Crippen molar-refractivity contribution in [1.29, 1.82) is 10.5 Å². The van der Waals surface area contributed by atoms with E-state index in [2.05, 4.69) is 41.0 Å². The van der Waals surface area contributed by atoms with Crippen LogP contribution in [0.25, 0.3) is 105 Å². The summed E-state index contributed by atoms with van der Waals surface area (Å²) in [5, 5.41) is 27.7. The number of benzene rings is 7. The van der Waals surface area contributed by atoms with Gasteiger partial charge in [0.2, 0.25) is 0 Å². The lowest BCUT2D eigenvalue weighted by Crippen LogP contribution is -2.03. The number of rotatable bonds is 4. The number of nitrogens with zero attached hydrogens (tertiary/aromatic N) is 5. The molecule has 4 heterocycles. The van der Waals surface area contributed by atoms with Crippen molar-refractivity contribution >= 4 is 65.7 Å². The zero-order valence-electron chi connectivity index (χ0n) is 29.0. The van der Waals surface area contributed by atoms with E-state index in [1.165, 1.54) is 0 Å². The third-order valence-corrected chi connectivity index (χ3v) is 10.5. The van der Waals surface area contributed by atoms with Gasteiger partial charge in [0, 0.05) is 38.1 Å². The Morgan fingerprint density at radius 3 is 2.00 bits per heavy atom. The third kappa shape index (κ3) is 4.48. The molecule has 0 bridgehead atoms. The number of fused-ring (bicyclic) bond motifs is 10. The van der Waals surface area contributed by atoms with Crippen LogP contribution in [0.3, 0.4) is 0 Å². The van der Waals surface area contributed by atoms with Gasteiger partial charge < -0.3 is 13.4 Å². The number of aromatic nitrogens is 3. The maximum atomic E-state index is 10.9. The summed E-state index contributed by atoms with van der Waals surface area (Å²) in [6.45, 7) is 0. The Hall–Kier alpha value is -8.00. The lowest BCUT2D eigenvalue weighted by atomic mass is 9.98. The summed E-state index contributed by atoms with van der Waals surface area (Å²) in [4.78, 5) is 10.1. The van der Waals surface area contributed by atoms with E-state index in [-0.39, 0.29) is 0 Å². The molecule has 254 valence electrons. The van der Waals surface area contributed by atoms with Crippen molar-refractivity contribution < 1.29 is 8.83 Å². The van der Waals surface area contributed by atoms with Gasteiger partial charge in [0.25, 0.3) is 0 Å². The standard InChI is InChI=1S/C48H25N5O2/c49-26-30-25-29(21-23-38(30)53-39-18-7-4-13-31(39)33-22-24-42-43(46(33)53)35-15-6-9-20-41(35)54-42)45-37(27-50)44(28-11-2-1-3-12-28)51-48(52-45)36-17-10-16-34-32-14-5-8-19-40(32)55-47(34)36/h1-25H. The molecule has 11 aromatic rings. The van der Waals surface area contributed by atoms with Gasteiger partial charge >= 0.3 is 0 Å². The third-order valence-electron chi connectivity index (χ3n) is 10.5. The van der Waals surface area contributed by atoms with Crippen molar-refractivity contribution in [2.75, 3.05) is 0 Å². The topological polar surface area (TPSA) is 105 Å². The molecule has 0 amide bonds. The largest absolute Gasteiger partial charge is 0.456 e. The van der Waals surface area contributed by atoms with E-state index in [0.29, 0.717) is 50.7 Å². The van der Waals surface area contributed by atoms with E-state index in [4.69, 9.17) is 18.8 Å². The van der Waals surface area contributed by atoms with Gasteiger partial charge in [0.05, 0.1) is 44.6 Å². The lowest BCUT2D eigenvalue weighted by molar-refractivity contribution is 0.669. The van der Waals surface area contributed by atoms with Crippen LogP contribution in [0.15, 0.2) is 160 Å². The van der Waals surface area contributed by atoms with Gasteiger partial charge in [-0.15, -0.1) is 0 Å². The first-order valence-electron chi connectivity index (χ1n) is 17.9. The van der Waals surface area contributed by atoms with E-state index >= 15 is 0 Å². The SMILES string of the molecule is N#Cc1cc(-c2nc(-c3cccc4c3oc3ccccc34)nc(-c3ccccc3)c2C#N)ccc1-n1c2ccccc2c2ccc3oc4ccccc4c3c21. The lowest BCUT2D eigenvalue weighted by Gasteiger charge is -2.15. The minimum absolute atomic E-state index is 0.312. The molecule has 0 atom stereocenters. The Morgan fingerprint density at radius 2 is 1.20 bits per heavy atom. The molecular weight excluding hydrogens is 679 g/mol. The molecule has 0 aliphatic rings. The predicted molar refractivity (Wildman–Crippen MR) is 217 cm³/mol. The van der Waals surface area contributed by atoms with E-state index < -0.39 is 0 Å². The normalized spacial score (nSPS) is 11.6. The van der Waals surface area contributed by atoms with Crippen LogP contribution in [-0.4, -0.2) is 14.5 Å². The molecule has 7 nitrogen and oxygen atoms in total. The second-order valence-corrected chi connectivity index (χ2v) is 13.5. The first kappa shape index (κ1) is 30.6. The molecule has 11 rings (SSSR count). The van der Waals surface area contributed by atoms with Gasteiger partial charge in [-0.3, -0.25) is 0 Å². The van der Waals surface area contributed by atoms with E-state index in [9.17, 15) is 10.5 Å². The Kier molecular flexibility index (Phi) is 6.54. The van der Waals surface area contributed by atoms with Gasteiger partial charge in [-0.25, -0.2) is 9.97 Å². The summed E-state index contributed by atoms with van der Waals surface area (Å²) in [7, 11) is 0. The van der Waals surface area contributed by atoms with Gasteiger partial charge in [-0.05, 0) is 48.5 Å². The Labute approximate surface area is 313 Å². The van der Waals surface area contributed by atoms with Gasteiger partial charge in [-0.1, -0.05) is 103 Å². The fraction of sp³-hybridized carbons (Fsp3) is 0. The molecular formula is C48H25N5O2. The smallest absolute Gasteiger partial charge is 0.164 e. The molecule has 4 aromatic heterocycles. The Balaban J connectivity index is 1.18. The highest BCUT2D eigenvalue weighted by Gasteiger charge is 2.24. The van der Waals surface area contributed by atoms with Crippen molar-refractivity contribution in [3.63, 3.8) is 0 Å². The van der Waals surface area contributed by atoms with Gasteiger partial charge in [-0.2, -0.15) is 10.5 Å². The zero-order valence-corrected chi connectivity index (χ0v) is 29.0. The van der Waals surface area contributed by atoms with Crippen LogP contribution in [0.4, 0.5) is 0 Å². The van der Waals surface area contributed by atoms with Gasteiger partial charge in [0.1, 0.15) is 40.0 Å². The van der Waals surface area contributed by atoms with Crippen LogP contribution in [0.1, 0.15) is 11.1 Å². The molecule has 0 radical (unpaired) electrons. The van der Waals surface area contributed by atoms with Gasteiger partial charge in [0.15, 0.2) is 5.82 Å². The van der Waals surface area contributed by atoms with Crippen LogP contribution in [0, 0.1) is 22.7 Å². The van der Waals surface area contributed by atoms with Crippen molar-refractivity contribution in [3.05, 3.63) is 163 Å². The monoisotopic (exact) mass is 703 g/mol. The first-order valence-corrected chi connectivity index (χ1v) is 17.9. The van der Waals surface area contributed by atoms with Crippen molar-refractivity contribution in [1.82, 2.24) is 14.5 Å². The Morgan fingerprint density at radius 1 is 0.509 bits per heavy atom. The quantitative estimate of drug-likeness (QED) is 0.181. The zero-order chi connectivity index (χ0) is 36.6. The molecule has 0 aliphatic heterocycles. The first-order chi connectivity index (χ1) is 27.2. The molecule has 7 aromatic carbocycles. The van der Waals surface area contributed by atoms with Crippen LogP contribution in [0.2, 0.25) is 0 Å². The molecule has 0 aliphatic carbocycles. The number of hydrogen-bond acceptors (Lipinski definition) is 6. The average Bonchev–Trinajstić information content (AvgIpc) is 3.93. The number of nitriles is 2. The summed E-state index contributed by atoms with van der Waals surface area (Å²) in [6, 6.07) is 54.5. The summed E-state index contributed by atoms with van der Waals surface area (Å²) in [5.41, 5.74) is 9.39. The number of hydrogen-bond donors (Lipinski definition) is 0. The minimum atomic E-state index is 0.312. The summed E-state index contributed by atoms with van der Waals surface area (Å²) in [6.07, 6.45) is 0. The van der Waals surface area contributed by atoms with Crippen LogP contribution >= 0.6 is 0 Å². The summed E-state index contributed by atoms with van der Waals surface area (Å²) in [5.74, 6) is 0.414. The van der Waals surface area contributed by atoms with Crippen molar-refractivity contribution in [2.24, 2.45) is 0 Å². The highest BCUT2D eigenvalue weighted by Crippen LogP contribution is 2.43. The molecule has 0 fully saturated rings. The minimum Gasteiger partial charge on any atom is -0.456 e. The van der Waals surface area contributed by atoms with Crippen molar-refractivity contribution in [2.45, 2.75) is 0 Å². The molecule has 0 saturated heterocycles. The van der Waals surface area contributed by atoms with E-state index in [0.717, 1.165) is 65.7 Å². The van der Waals surface area contributed by atoms with Crippen LogP contribution in [0.5, 0.6) is 0 Å². The second-order valence-electron chi connectivity index (χ2n) is 13.5. The fourth-order valence-corrected chi connectivity index (χ4v) is 8.11. The number of furan rings is 2. The molecule has 7 heteroatoms. The average molecular weight is 704 g/mol. The highest BCUT2D eigenvalue weighted by molar-refractivity contribution is 6.24. The van der Waals surface area contributed by atoms with Crippen LogP contribution < -0.4 is 0 Å².